The molecule has 11 heteroatoms. The summed E-state index contributed by atoms with van der Waals surface area (Å²) in [5.74, 6) is 4.07. The van der Waals surface area contributed by atoms with Crippen LogP contribution in [0, 0.1) is 11.8 Å². The van der Waals surface area contributed by atoms with Gasteiger partial charge in [-0.1, -0.05) is 30.2 Å². The second-order valence-corrected chi connectivity index (χ2v) is 10.1. The van der Waals surface area contributed by atoms with E-state index in [0.29, 0.717) is 11.1 Å². The van der Waals surface area contributed by atoms with Gasteiger partial charge in [-0.2, -0.15) is 13.2 Å². The van der Waals surface area contributed by atoms with E-state index >= 15 is 0 Å². The Morgan fingerprint density at radius 3 is 2.10 bits per heavy atom. The summed E-state index contributed by atoms with van der Waals surface area (Å²) in [6.07, 6.45) is -4.48. The Bertz CT molecular complexity index is 1430. The number of halogens is 4. The first-order valence-corrected chi connectivity index (χ1v) is 12.1. The molecule has 0 spiro atoms. The highest BCUT2D eigenvalue weighted by Crippen LogP contribution is 2.30. The summed E-state index contributed by atoms with van der Waals surface area (Å²) >= 11 is 6.40. The summed E-state index contributed by atoms with van der Waals surface area (Å²) in [6, 6.07) is 10.6. The molecule has 2 aromatic carbocycles. The topological polar surface area (TPSA) is 93.5 Å². The Morgan fingerprint density at radius 1 is 1.03 bits per heavy atom. The lowest BCUT2D eigenvalue weighted by atomic mass is 9.93. The molecule has 2 N–H and O–H groups in total. The van der Waals surface area contributed by atoms with E-state index in [1.54, 1.807) is 39.8 Å². The number of nitrogens with zero attached hydrogens (tertiary/aromatic N) is 2. The number of ether oxygens (including phenoxy) is 1. The monoisotopic (exact) mass is 561 g/mol. The van der Waals surface area contributed by atoms with E-state index < -0.39 is 34.8 Å². The van der Waals surface area contributed by atoms with Crippen molar-refractivity contribution in [2.75, 3.05) is 7.11 Å². The minimum Gasteiger partial charge on any atom is -0.478 e. The minimum absolute atomic E-state index is 0.00883. The first kappa shape index (κ1) is 29.7. The van der Waals surface area contributed by atoms with Crippen LogP contribution in [0.15, 0.2) is 48.5 Å². The van der Waals surface area contributed by atoms with Crippen molar-refractivity contribution in [1.29, 1.82) is 0 Å². The molecule has 0 bridgehead atoms. The van der Waals surface area contributed by atoms with Crippen molar-refractivity contribution >= 4 is 23.5 Å². The van der Waals surface area contributed by atoms with Gasteiger partial charge in [-0.05, 0) is 80.6 Å². The number of carbonyl (C=O) groups excluding carboxylic acids is 1. The van der Waals surface area contributed by atoms with Gasteiger partial charge in [0.05, 0.1) is 23.2 Å². The molecular weight excluding hydrogens is 535 g/mol. The van der Waals surface area contributed by atoms with Crippen molar-refractivity contribution < 1.29 is 32.6 Å². The lowest BCUT2D eigenvalue weighted by Crippen LogP contribution is -2.42. The molecule has 0 radical (unpaired) electrons. The molecule has 1 heterocycles. The highest BCUT2D eigenvalue weighted by Gasteiger charge is 2.31. The number of alkyl halides is 3. The fourth-order valence-corrected chi connectivity index (χ4v) is 3.80. The van der Waals surface area contributed by atoms with Crippen LogP contribution in [0.1, 0.15) is 70.9 Å². The molecular formula is C28H27ClF3N3O4. The number of hydrogen-bond donors (Lipinski definition) is 2. The molecule has 0 aliphatic rings. The zero-order valence-corrected chi connectivity index (χ0v) is 22.7. The first-order valence-electron chi connectivity index (χ1n) is 11.7. The van der Waals surface area contributed by atoms with Crippen molar-refractivity contribution in [2.24, 2.45) is 0 Å². The fraction of sp³-hybridized carbons (Fsp3) is 0.321. The van der Waals surface area contributed by atoms with Crippen molar-refractivity contribution in [3.8, 4) is 11.8 Å². The van der Waals surface area contributed by atoms with E-state index in [0.717, 1.165) is 12.1 Å². The van der Waals surface area contributed by atoms with Crippen LogP contribution in [-0.4, -0.2) is 39.2 Å². The van der Waals surface area contributed by atoms with Gasteiger partial charge in [-0.25, -0.2) is 9.78 Å². The predicted molar refractivity (Wildman–Crippen MR) is 140 cm³/mol. The van der Waals surface area contributed by atoms with Crippen molar-refractivity contribution in [2.45, 2.75) is 51.6 Å². The highest BCUT2D eigenvalue weighted by molar-refractivity contribution is 6.29. The standard InChI is InChI=1S/C28H27ClF3N3O4/c1-26(2,39-5)15-14-21-22(23(36)34-27(3,4)19-12-8-18(9-13-19)24(37)38)35(25(29)33-21)16-17-6-10-20(11-7-17)28(30,31)32/h6-13H,16H2,1-5H3,(H,34,36)(H,37,38). The maximum absolute atomic E-state index is 13.7. The molecule has 0 fully saturated rings. The molecule has 1 aromatic heterocycles. The number of nitrogens with one attached hydrogen (secondary N) is 1. The highest BCUT2D eigenvalue weighted by atomic mass is 35.5. The number of aromatic nitrogens is 2. The molecule has 0 atom stereocenters. The predicted octanol–water partition coefficient (Wildman–Crippen LogP) is 5.74. The number of carboxylic acid groups (broad SMARTS) is 1. The maximum Gasteiger partial charge on any atom is 0.416 e. The number of imidazole rings is 1. The van der Waals surface area contributed by atoms with E-state index in [4.69, 9.17) is 21.4 Å². The molecule has 0 saturated heterocycles. The summed E-state index contributed by atoms with van der Waals surface area (Å²) in [5.41, 5.74) is -1.36. The van der Waals surface area contributed by atoms with Crippen molar-refractivity contribution in [3.05, 3.63) is 87.5 Å². The van der Waals surface area contributed by atoms with Gasteiger partial charge in [-0.15, -0.1) is 0 Å². The summed E-state index contributed by atoms with van der Waals surface area (Å²) < 4.78 is 45.7. The minimum atomic E-state index is -4.48. The van der Waals surface area contributed by atoms with E-state index in [9.17, 15) is 22.8 Å². The van der Waals surface area contributed by atoms with Crippen LogP contribution in [0.3, 0.4) is 0 Å². The van der Waals surface area contributed by atoms with E-state index in [2.05, 4.69) is 22.1 Å². The average Bonchev–Trinajstić information content (AvgIpc) is 3.17. The largest absolute Gasteiger partial charge is 0.478 e. The molecule has 0 saturated carbocycles. The number of aromatic carboxylic acids is 1. The molecule has 1 amide bonds. The lowest BCUT2D eigenvalue weighted by Gasteiger charge is -2.27. The van der Waals surface area contributed by atoms with Crippen LogP contribution in [0.2, 0.25) is 5.28 Å². The Labute approximate surface area is 229 Å². The van der Waals surface area contributed by atoms with Crippen molar-refractivity contribution in [1.82, 2.24) is 14.9 Å². The lowest BCUT2D eigenvalue weighted by molar-refractivity contribution is -0.137. The molecule has 3 aromatic rings. The number of rotatable bonds is 7. The molecule has 0 aliphatic carbocycles. The second-order valence-electron chi connectivity index (χ2n) is 9.78. The summed E-state index contributed by atoms with van der Waals surface area (Å²) in [4.78, 5) is 29.1. The smallest absolute Gasteiger partial charge is 0.416 e. The number of methoxy groups -OCH3 is 1. The summed E-state index contributed by atoms with van der Waals surface area (Å²) in [7, 11) is 1.48. The van der Waals surface area contributed by atoms with Gasteiger partial charge in [0.25, 0.3) is 5.91 Å². The number of hydrogen-bond acceptors (Lipinski definition) is 4. The van der Waals surface area contributed by atoms with Gasteiger partial charge >= 0.3 is 12.1 Å². The first-order chi connectivity index (χ1) is 18.0. The third-order valence-corrected chi connectivity index (χ3v) is 6.32. The Balaban J connectivity index is 2.03. The summed E-state index contributed by atoms with van der Waals surface area (Å²) in [6.45, 7) is 6.88. The second kappa shape index (κ2) is 11.1. The van der Waals surface area contributed by atoms with Gasteiger partial charge in [-0.3, -0.25) is 4.79 Å². The number of benzene rings is 2. The van der Waals surface area contributed by atoms with Crippen LogP contribution in [0.5, 0.6) is 0 Å². The number of carbonyl (C=O) groups is 2. The Kier molecular flexibility index (Phi) is 8.48. The third kappa shape index (κ3) is 7.19. The molecule has 206 valence electrons. The Hall–Kier alpha value is -3.81. The van der Waals surface area contributed by atoms with Crippen molar-refractivity contribution in [3.63, 3.8) is 0 Å². The van der Waals surface area contributed by atoms with Gasteiger partial charge < -0.3 is 19.7 Å². The molecule has 39 heavy (non-hydrogen) atoms. The molecule has 3 rings (SSSR count). The van der Waals surface area contributed by atoms with Crippen LogP contribution in [-0.2, 0) is 23.0 Å². The number of amides is 1. The Morgan fingerprint density at radius 2 is 1.59 bits per heavy atom. The quantitative estimate of drug-likeness (QED) is 0.359. The van der Waals surface area contributed by atoms with Gasteiger partial charge in [0.1, 0.15) is 17.0 Å². The maximum atomic E-state index is 13.7. The zero-order valence-electron chi connectivity index (χ0n) is 21.9. The average molecular weight is 562 g/mol. The van der Waals surface area contributed by atoms with Crippen LogP contribution in [0.25, 0.3) is 0 Å². The summed E-state index contributed by atoms with van der Waals surface area (Å²) in [5, 5.41) is 12.0. The van der Waals surface area contributed by atoms with Gasteiger partial charge in [0.15, 0.2) is 0 Å². The van der Waals surface area contributed by atoms with E-state index in [-0.39, 0.29) is 28.8 Å². The molecule has 0 unspecified atom stereocenters. The fourth-order valence-electron chi connectivity index (χ4n) is 3.57. The molecule has 7 nitrogen and oxygen atoms in total. The van der Waals surface area contributed by atoms with Gasteiger partial charge in [0, 0.05) is 7.11 Å². The van der Waals surface area contributed by atoms with E-state index in [1.807, 2.05) is 0 Å². The van der Waals surface area contributed by atoms with Crippen LogP contribution < -0.4 is 5.32 Å². The number of carboxylic acids is 1. The SMILES string of the molecule is COC(C)(C)C#Cc1nc(Cl)n(Cc2ccc(C(F)(F)F)cc2)c1C(=O)NC(C)(C)c1ccc(C(=O)O)cc1. The van der Waals surface area contributed by atoms with Crippen LogP contribution in [0.4, 0.5) is 13.2 Å². The molecule has 0 aliphatic heterocycles. The van der Waals surface area contributed by atoms with Crippen LogP contribution >= 0.6 is 11.6 Å². The third-order valence-electron chi connectivity index (χ3n) is 6.03. The van der Waals surface area contributed by atoms with E-state index in [1.165, 1.54) is 35.9 Å². The zero-order chi connectivity index (χ0) is 29.2. The van der Waals surface area contributed by atoms with Gasteiger partial charge in [0.2, 0.25) is 5.28 Å². The normalized spacial score (nSPS) is 12.0.